The molecule has 1 aliphatic heterocycles. The lowest BCUT2D eigenvalue weighted by molar-refractivity contribution is 0.0538. The average molecular weight is 188 g/mol. The van der Waals surface area contributed by atoms with E-state index in [1.165, 1.54) is 0 Å². The van der Waals surface area contributed by atoms with E-state index in [0.717, 1.165) is 13.0 Å². The predicted octanol–water partition coefficient (Wildman–Crippen LogP) is -0.991. The van der Waals surface area contributed by atoms with Crippen LogP contribution in [0, 0.1) is 5.92 Å². The van der Waals surface area contributed by atoms with Gasteiger partial charge in [-0.15, -0.1) is 0 Å². The van der Waals surface area contributed by atoms with E-state index >= 15 is 0 Å². The van der Waals surface area contributed by atoms with Gasteiger partial charge in [0.05, 0.1) is 12.7 Å². The quantitative estimate of drug-likeness (QED) is 0.530. The Kier molecular flexibility index (Phi) is 4.12. The molecule has 0 spiro atoms. The van der Waals surface area contributed by atoms with Crippen LogP contribution >= 0.6 is 0 Å². The van der Waals surface area contributed by atoms with Crippen molar-refractivity contribution in [3.05, 3.63) is 0 Å². The van der Waals surface area contributed by atoms with Crippen LogP contribution in [-0.4, -0.2) is 53.5 Å². The summed E-state index contributed by atoms with van der Waals surface area (Å²) in [6.07, 6.45) is 0.513. The largest absolute Gasteiger partial charge is 0.394 e. The maximum atomic E-state index is 9.29. The van der Waals surface area contributed by atoms with E-state index in [1.807, 2.05) is 0 Å². The Morgan fingerprint density at radius 1 is 1.62 bits per heavy atom. The predicted molar refractivity (Wildman–Crippen MR) is 51.3 cm³/mol. The molecule has 78 valence electrons. The summed E-state index contributed by atoms with van der Waals surface area (Å²) in [4.78, 5) is 2.17. The zero-order valence-corrected chi connectivity index (χ0v) is 8.19. The van der Waals surface area contributed by atoms with Crippen molar-refractivity contribution in [2.45, 2.75) is 25.5 Å². The summed E-state index contributed by atoms with van der Waals surface area (Å²) in [7, 11) is 0. The maximum Gasteiger partial charge on any atom is 0.0897 e. The van der Waals surface area contributed by atoms with Gasteiger partial charge in [0.2, 0.25) is 0 Å². The minimum atomic E-state index is -0.626. The molecule has 0 radical (unpaired) electrons. The van der Waals surface area contributed by atoms with Crippen molar-refractivity contribution >= 4 is 0 Å². The standard InChI is InChI=1S/C9H20N2O2/c1-7-2-3-11(9(7)4-10)5-8(13)6-12/h7-9,12-13H,2-6,10H2,1H3. The van der Waals surface area contributed by atoms with Crippen molar-refractivity contribution in [1.82, 2.24) is 4.90 Å². The van der Waals surface area contributed by atoms with E-state index < -0.39 is 6.10 Å². The molecule has 13 heavy (non-hydrogen) atoms. The zero-order valence-electron chi connectivity index (χ0n) is 8.19. The van der Waals surface area contributed by atoms with Gasteiger partial charge in [0, 0.05) is 19.1 Å². The Hall–Kier alpha value is -0.160. The molecule has 4 nitrogen and oxygen atoms in total. The topological polar surface area (TPSA) is 69.7 Å². The molecule has 0 saturated carbocycles. The highest BCUT2D eigenvalue weighted by atomic mass is 16.3. The summed E-state index contributed by atoms with van der Waals surface area (Å²) in [5, 5.41) is 18.0. The van der Waals surface area contributed by atoms with Gasteiger partial charge in [-0.05, 0) is 18.9 Å². The van der Waals surface area contributed by atoms with E-state index in [1.54, 1.807) is 0 Å². The fourth-order valence-corrected chi connectivity index (χ4v) is 2.02. The zero-order chi connectivity index (χ0) is 9.84. The number of aliphatic hydroxyl groups excluding tert-OH is 2. The molecule has 0 bridgehead atoms. The lowest BCUT2D eigenvalue weighted by Gasteiger charge is -2.26. The summed E-state index contributed by atoms with van der Waals surface area (Å²) in [6.45, 7) is 4.19. The molecule has 3 atom stereocenters. The first-order valence-electron chi connectivity index (χ1n) is 4.92. The van der Waals surface area contributed by atoms with E-state index in [4.69, 9.17) is 10.8 Å². The monoisotopic (exact) mass is 188 g/mol. The first-order valence-corrected chi connectivity index (χ1v) is 4.92. The van der Waals surface area contributed by atoms with Crippen LogP contribution in [0.3, 0.4) is 0 Å². The normalized spacial score (nSPS) is 32.3. The van der Waals surface area contributed by atoms with Gasteiger partial charge in [0.1, 0.15) is 0 Å². The van der Waals surface area contributed by atoms with E-state index in [9.17, 15) is 5.11 Å². The van der Waals surface area contributed by atoms with E-state index in [0.29, 0.717) is 25.0 Å². The van der Waals surface area contributed by atoms with Gasteiger partial charge in [0.15, 0.2) is 0 Å². The number of likely N-dealkylation sites (tertiary alicyclic amines) is 1. The SMILES string of the molecule is CC1CCN(CC(O)CO)C1CN. The molecule has 4 N–H and O–H groups in total. The molecule has 0 aliphatic carbocycles. The molecule has 0 aromatic carbocycles. The third-order valence-corrected chi connectivity index (χ3v) is 2.90. The molecule has 3 unspecified atom stereocenters. The number of aliphatic hydroxyl groups is 2. The van der Waals surface area contributed by atoms with Crippen molar-refractivity contribution in [3.8, 4) is 0 Å². The number of nitrogens with two attached hydrogens (primary N) is 1. The molecule has 0 amide bonds. The number of rotatable bonds is 4. The molecule has 0 aromatic heterocycles. The molecule has 1 saturated heterocycles. The Morgan fingerprint density at radius 3 is 2.85 bits per heavy atom. The van der Waals surface area contributed by atoms with Crippen LogP contribution in [0.2, 0.25) is 0 Å². The van der Waals surface area contributed by atoms with Crippen LogP contribution in [0.15, 0.2) is 0 Å². The molecule has 1 heterocycles. The Balaban J connectivity index is 2.41. The van der Waals surface area contributed by atoms with Crippen molar-refractivity contribution in [1.29, 1.82) is 0 Å². The molecule has 1 aliphatic rings. The van der Waals surface area contributed by atoms with Crippen molar-refractivity contribution < 1.29 is 10.2 Å². The minimum Gasteiger partial charge on any atom is -0.394 e. The highest BCUT2D eigenvalue weighted by molar-refractivity contribution is 4.86. The Labute approximate surface area is 79.3 Å². The highest BCUT2D eigenvalue weighted by Gasteiger charge is 2.30. The second kappa shape index (κ2) is 4.91. The van der Waals surface area contributed by atoms with Crippen LogP contribution in [-0.2, 0) is 0 Å². The summed E-state index contributed by atoms with van der Waals surface area (Å²) in [5.74, 6) is 0.607. The minimum absolute atomic E-state index is 0.165. The van der Waals surface area contributed by atoms with Crippen LogP contribution in [0.1, 0.15) is 13.3 Å². The molecular formula is C9H20N2O2. The lowest BCUT2D eigenvalue weighted by Crippen LogP contribution is -2.43. The van der Waals surface area contributed by atoms with Crippen molar-refractivity contribution in [2.24, 2.45) is 11.7 Å². The molecule has 1 fully saturated rings. The second-order valence-electron chi connectivity index (χ2n) is 3.90. The molecule has 0 aromatic rings. The first kappa shape index (κ1) is 10.9. The lowest BCUT2D eigenvalue weighted by atomic mass is 10.0. The highest BCUT2D eigenvalue weighted by Crippen LogP contribution is 2.22. The summed E-state index contributed by atoms with van der Waals surface area (Å²) in [6, 6.07) is 0.376. The number of nitrogens with zero attached hydrogens (tertiary/aromatic N) is 1. The average Bonchev–Trinajstić information content (AvgIpc) is 2.46. The fourth-order valence-electron chi connectivity index (χ4n) is 2.02. The van der Waals surface area contributed by atoms with Gasteiger partial charge in [-0.25, -0.2) is 0 Å². The van der Waals surface area contributed by atoms with Crippen LogP contribution in [0.25, 0.3) is 0 Å². The van der Waals surface area contributed by atoms with Gasteiger partial charge in [0.25, 0.3) is 0 Å². The summed E-state index contributed by atoms with van der Waals surface area (Å²) >= 11 is 0. The van der Waals surface area contributed by atoms with E-state index in [2.05, 4.69) is 11.8 Å². The molecule has 1 rings (SSSR count). The van der Waals surface area contributed by atoms with Gasteiger partial charge in [-0.2, -0.15) is 0 Å². The fraction of sp³-hybridized carbons (Fsp3) is 1.00. The molecule has 4 heteroatoms. The smallest absolute Gasteiger partial charge is 0.0897 e. The Bertz CT molecular complexity index is 155. The summed E-state index contributed by atoms with van der Waals surface area (Å²) < 4.78 is 0. The molecular weight excluding hydrogens is 168 g/mol. The third kappa shape index (κ3) is 2.64. The number of β-amino-alcohol motifs (C(OH)–C–C–N with tert-alkyl or cyclic N) is 1. The van der Waals surface area contributed by atoms with Crippen molar-refractivity contribution in [3.63, 3.8) is 0 Å². The van der Waals surface area contributed by atoms with Crippen LogP contribution in [0.5, 0.6) is 0 Å². The van der Waals surface area contributed by atoms with Gasteiger partial charge in [-0.1, -0.05) is 6.92 Å². The van der Waals surface area contributed by atoms with Crippen LogP contribution in [0.4, 0.5) is 0 Å². The van der Waals surface area contributed by atoms with E-state index in [-0.39, 0.29) is 6.61 Å². The summed E-state index contributed by atoms with van der Waals surface area (Å²) in [5.41, 5.74) is 5.65. The van der Waals surface area contributed by atoms with Crippen molar-refractivity contribution in [2.75, 3.05) is 26.2 Å². The van der Waals surface area contributed by atoms with Gasteiger partial charge in [-0.3, -0.25) is 4.90 Å². The maximum absolute atomic E-state index is 9.29. The number of hydrogen-bond acceptors (Lipinski definition) is 4. The first-order chi connectivity index (χ1) is 6.19. The van der Waals surface area contributed by atoms with Gasteiger partial charge >= 0.3 is 0 Å². The number of hydrogen-bond donors (Lipinski definition) is 3. The van der Waals surface area contributed by atoms with Crippen LogP contribution < -0.4 is 5.73 Å². The third-order valence-electron chi connectivity index (χ3n) is 2.90. The second-order valence-corrected chi connectivity index (χ2v) is 3.90. The van der Waals surface area contributed by atoms with Gasteiger partial charge < -0.3 is 15.9 Å². The Morgan fingerprint density at radius 2 is 2.31 bits per heavy atom.